The van der Waals surface area contributed by atoms with Gasteiger partial charge in [-0.2, -0.15) is 10.2 Å². The van der Waals surface area contributed by atoms with Gasteiger partial charge in [0.25, 0.3) is 0 Å². The fraction of sp³-hybridized carbons (Fsp3) is 0.167. The van der Waals surface area contributed by atoms with Gasteiger partial charge in [-0.15, -0.1) is 0 Å². The summed E-state index contributed by atoms with van der Waals surface area (Å²) in [4.78, 5) is 0. The topological polar surface area (TPSA) is 25.8 Å². The largest absolute Gasteiger partial charge is 0.207 e. The molecule has 0 unspecified atom stereocenters. The molecule has 0 aliphatic heterocycles. The van der Waals surface area contributed by atoms with Crippen LogP contribution in [0.4, 0.5) is 4.39 Å². The first kappa shape index (κ1) is 13.7. The average molecular weight is 298 g/mol. The van der Waals surface area contributed by atoms with Crippen molar-refractivity contribution in [2.75, 3.05) is 0 Å². The summed E-state index contributed by atoms with van der Waals surface area (Å²) in [6.07, 6.45) is 1.67. The molecule has 1 aromatic heterocycles. The lowest BCUT2D eigenvalue weighted by Gasteiger charge is -2.01. The molecule has 2 rings (SSSR count). The number of benzene rings is 1. The Kier molecular flexibility index (Phi) is 5.83. The molecule has 0 N–H and O–H groups in total. The van der Waals surface area contributed by atoms with E-state index in [4.69, 9.17) is 0 Å². The minimum absolute atomic E-state index is 0.187. The Morgan fingerprint density at radius 2 is 1.78 bits per heavy atom. The van der Waals surface area contributed by atoms with Gasteiger partial charge in [0.05, 0.1) is 5.69 Å². The Morgan fingerprint density at radius 1 is 1.00 bits per heavy atom. The second-order valence-electron chi connectivity index (χ2n) is 3.43. The summed E-state index contributed by atoms with van der Waals surface area (Å²) in [6.45, 7) is 0. The van der Waals surface area contributed by atoms with Crippen LogP contribution in [-0.2, 0) is 11.5 Å². The molecule has 0 spiro atoms. The van der Waals surface area contributed by atoms with E-state index >= 15 is 0 Å². The van der Waals surface area contributed by atoms with Gasteiger partial charge >= 0.3 is 0 Å². The number of rotatable bonds is 6. The number of nitrogens with zero attached hydrogens (tertiary/aromatic N) is 2. The molecule has 0 atom stereocenters. The zero-order valence-corrected chi connectivity index (χ0v) is 11.9. The normalized spacial score (nSPS) is 10.5. The highest BCUT2D eigenvalue weighted by molar-refractivity contribution is 9.09. The van der Waals surface area contributed by atoms with Crippen LogP contribution >= 0.6 is 31.4 Å². The van der Waals surface area contributed by atoms with Crippen molar-refractivity contribution in [3.05, 3.63) is 59.7 Å². The molecule has 1 heterocycles. The highest BCUT2D eigenvalue weighted by Gasteiger charge is 1.98. The maximum atomic E-state index is 12.7. The van der Waals surface area contributed by atoms with E-state index < -0.39 is 0 Å². The molecule has 94 valence electrons. The van der Waals surface area contributed by atoms with E-state index in [-0.39, 0.29) is 5.82 Å². The van der Waals surface area contributed by atoms with E-state index in [1.807, 2.05) is 24.3 Å². The van der Waals surface area contributed by atoms with E-state index in [0.717, 1.165) is 22.8 Å². The Bertz CT molecular complexity index is 465. The molecule has 0 aliphatic rings. The van der Waals surface area contributed by atoms with Gasteiger partial charge in [-0.05, 0) is 39.7 Å². The molecule has 0 saturated carbocycles. The van der Waals surface area contributed by atoms with E-state index in [1.165, 1.54) is 12.1 Å². The van der Waals surface area contributed by atoms with Gasteiger partial charge in [0.1, 0.15) is 5.82 Å². The minimum Gasteiger partial charge on any atom is -0.207 e. The Hall–Kier alpha value is -0.720. The van der Waals surface area contributed by atoms with Crippen molar-refractivity contribution < 1.29 is 4.39 Å². The number of hydrogen-bond donors (Lipinski definition) is 0. The maximum absolute atomic E-state index is 12.7. The predicted octanol–water partition coefficient (Wildman–Crippen LogP) is 4.35. The lowest BCUT2D eigenvalue weighted by Crippen LogP contribution is -1.86. The Labute approximate surface area is 117 Å². The van der Waals surface area contributed by atoms with E-state index in [0.29, 0.717) is 0 Å². The quantitative estimate of drug-likeness (QED) is 0.583. The second kappa shape index (κ2) is 7.66. The fourth-order valence-corrected chi connectivity index (χ4v) is 4.71. The van der Waals surface area contributed by atoms with Gasteiger partial charge in [0.15, 0.2) is 0 Å². The van der Waals surface area contributed by atoms with Crippen molar-refractivity contribution in [3.8, 4) is 0 Å². The van der Waals surface area contributed by atoms with Crippen LogP contribution in [0.3, 0.4) is 0 Å². The maximum Gasteiger partial charge on any atom is 0.123 e. The summed E-state index contributed by atoms with van der Waals surface area (Å²) in [5.41, 5.74) is 2.12. The summed E-state index contributed by atoms with van der Waals surface area (Å²) in [5, 5.41) is 7.83. The zero-order chi connectivity index (χ0) is 12.6. The molecule has 18 heavy (non-hydrogen) atoms. The molecule has 0 amide bonds. The molecule has 0 radical (unpaired) electrons. The van der Waals surface area contributed by atoms with Crippen molar-refractivity contribution in [3.63, 3.8) is 0 Å². The van der Waals surface area contributed by atoms with Gasteiger partial charge in [-0.25, -0.2) is 4.39 Å². The summed E-state index contributed by atoms with van der Waals surface area (Å²) >= 11 is 0. The predicted molar refractivity (Wildman–Crippen MR) is 78.6 cm³/mol. The van der Waals surface area contributed by atoms with Crippen molar-refractivity contribution in [2.24, 2.45) is 0 Å². The van der Waals surface area contributed by atoms with Crippen molar-refractivity contribution in [1.29, 1.82) is 0 Å². The molecule has 2 nitrogen and oxygen atoms in total. The third-order valence-electron chi connectivity index (χ3n) is 2.07. The summed E-state index contributed by atoms with van der Waals surface area (Å²) < 4.78 is 12.7. The average Bonchev–Trinajstić information content (AvgIpc) is 2.42. The molecule has 0 bridgehead atoms. The minimum atomic E-state index is -0.187. The van der Waals surface area contributed by atoms with Crippen LogP contribution in [0.15, 0.2) is 42.6 Å². The van der Waals surface area contributed by atoms with E-state index in [1.54, 1.807) is 37.6 Å². The first-order valence-electron chi connectivity index (χ1n) is 5.27. The Balaban J connectivity index is 1.63. The van der Waals surface area contributed by atoms with Gasteiger partial charge < -0.3 is 0 Å². The highest BCUT2D eigenvalue weighted by atomic mass is 33.5. The second-order valence-corrected chi connectivity index (χ2v) is 7.67. The molecular weight excluding hydrogens is 287 g/mol. The van der Waals surface area contributed by atoms with E-state index in [2.05, 4.69) is 10.2 Å². The van der Waals surface area contributed by atoms with Crippen LogP contribution < -0.4 is 0 Å². The van der Waals surface area contributed by atoms with E-state index in [9.17, 15) is 4.39 Å². The van der Waals surface area contributed by atoms with Gasteiger partial charge in [0.2, 0.25) is 0 Å². The summed E-state index contributed by atoms with van der Waals surface area (Å²) in [7, 11) is 5.19. The first-order valence-corrected chi connectivity index (χ1v) is 9.09. The lowest BCUT2D eigenvalue weighted by molar-refractivity contribution is 0.627. The lowest BCUT2D eigenvalue weighted by atomic mass is 10.2. The molecule has 0 fully saturated rings. The van der Waals surface area contributed by atoms with Crippen LogP contribution in [0.5, 0.6) is 0 Å². The molecule has 2 aromatic rings. The highest BCUT2D eigenvalue weighted by Crippen LogP contribution is 2.38. The monoisotopic (exact) mass is 298 g/mol. The van der Waals surface area contributed by atoms with Gasteiger partial charge in [-0.3, -0.25) is 0 Å². The smallest absolute Gasteiger partial charge is 0.123 e. The molecular formula is C12H11FN2S3. The molecule has 1 aromatic carbocycles. The number of aromatic nitrogens is 2. The van der Waals surface area contributed by atoms with Crippen molar-refractivity contribution in [2.45, 2.75) is 11.5 Å². The fourth-order valence-electron chi connectivity index (χ4n) is 1.20. The SMILES string of the molecule is Fc1ccc(CSSSCc2cccnn2)cc1. The third kappa shape index (κ3) is 4.88. The van der Waals surface area contributed by atoms with Gasteiger partial charge in [-0.1, -0.05) is 33.7 Å². The first-order chi connectivity index (χ1) is 8.84. The molecule has 0 aliphatic carbocycles. The number of hydrogen-bond acceptors (Lipinski definition) is 5. The Morgan fingerprint density at radius 3 is 2.50 bits per heavy atom. The van der Waals surface area contributed by atoms with Crippen LogP contribution in [0.1, 0.15) is 11.3 Å². The standard InChI is InChI=1S/C12H11FN2S3/c13-11-5-3-10(4-6-11)8-16-18-17-9-12-2-1-7-14-15-12/h1-7H,8-9H2. The molecule has 0 saturated heterocycles. The van der Waals surface area contributed by atoms with Crippen LogP contribution in [0.2, 0.25) is 0 Å². The zero-order valence-electron chi connectivity index (χ0n) is 9.45. The van der Waals surface area contributed by atoms with Crippen molar-refractivity contribution >= 4 is 31.4 Å². The van der Waals surface area contributed by atoms with Crippen molar-refractivity contribution in [1.82, 2.24) is 10.2 Å². The van der Waals surface area contributed by atoms with Crippen LogP contribution in [0.25, 0.3) is 0 Å². The third-order valence-corrected chi connectivity index (χ3v) is 6.14. The van der Waals surface area contributed by atoms with Gasteiger partial charge in [0, 0.05) is 17.7 Å². The number of halogens is 1. The van der Waals surface area contributed by atoms with Crippen LogP contribution in [0, 0.1) is 5.82 Å². The summed E-state index contributed by atoms with van der Waals surface area (Å²) in [6, 6.07) is 10.5. The van der Waals surface area contributed by atoms with Crippen LogP contribution in [-0.4, -0.2) is 10.2 Å². The summed E-state index contributed by atoms with van der Waals surface area (Å²) in [5.74, 6) is 1.53. The molecule has 6 heteroatoms.